The lowest BCUT2D eigenvalue weighted by molar-refractivity contribution is 0.0695. The normalized spacial score (nSPS) is 19.4. The first-order valence-electron chi connectivity index (χ1n) is 12.1. The molecule has 2 unspecified atom stereocenters. The molecule has 2 aromatic carbocycles. The summed E-state index contributed by atoms with van der Waals surface area (Å²) in [5.74, 6) is -4.49. The van der Waals surface area contributed by atoms with Crippen LogP contribution in [0, 0.1) is 35.1 Å². The minimum atomic E-state index is -1.59. The van der Waals surface area contributed by atoms with Gasteiger partial charge in [-0.1, -0.05) is 0 Å². The first-order chi connectivity index (χ1) is 19.1. The van der Waals surface area contributed by atoms with Crippen LogP contribution >= 0.6 is 12.2 Å². The molecule has 3 N–H and O–H groups in total. The number of fused-ring (bicyclic) bond motifs is 2. The molecule has 0 spiro atoms. The number of hydrogen-bond acceptors (Lipinski definition) is 5. The third kappa shape index (κ3) is 4.51. The Labute approximate surface area is 228 Å². The Hall–Kier alpha value is -4.52. The number of aromatic nitrogens is 2. The average molecular weight is 570 g/mol. The zero-order chi connectivity index (χ0) is 28.3. The topological polar surface area (TPSA) is 99.5 Å². The summed E-state index contributed by atoms with van der Waals surface area (Å²) in [6.45, 7) is 0.832. The van der Waals surface area contributed by atoms with Crippen molar-refractivity contribution in [1.29, 1.82) is 0 Å². The summed E-state index contributed by atoms with van der Waals surface area (Å²) >= 11 is 5.35. The molecule has 2 aromatic heterocycles. The largest absolute Gasteiger partial charge is 0.477 e. The molecule has 3 heterocycles. The number of hydrogen-bond donors (Lipinski definition) is 3. The number of anilines is 2. The van der Waals surface area contributed by atoms with Crippen LogP contribution in [0.4, 0.5) is 29.1 Å². The molecule has 1 aliphatic carbocycles. The lowest BCUT2D eigenvalue weighted by Gasteiger charge is -2.23. The average Bonchev–Trinajstić information content (AvgIpc) is 3.32. The van der Waals surface area contributed by atoms with E-state index in [2.05, 4.69) is 15.6 Å². The standard InChI is InChI=1S/C27H19F4N5O3S/c28-12-1-4-14(5-2-12)32-27(40)33-22-16-9-35(10-17(16)22)25-20(31)8-15-23(37)18(26(38)39)11-36(24(15)34-25)21-6-3-13(29)7-19(21)30/h1-8,11,16-17,22H,9-10H2,(H,38,39)(H2,32,33,40). The van der Waals surface area contributed by atoms with Gasteiger partial charge in [-0.25, -0.2) is 27.3 Å². The Bertz CT molecular complexity index is 1750. The lowest BCUT2D eigenvalue weighted by atomic mass is 10.1. The Kier molecular flexibility index (Phi) is 6.17. The summed E-state index contributed by atoms with van der Waals surface area (Å²) in [4.78, 5) is 30.5. The van der Waals surface area contributed by atoms with Gasteiger partial charge in [-0.2, -0.15) is 0 Å². The van der Waals surface area contributed by atoms with Gasteiger partial charge >= 0.3 is 5.97 Å². The third-order valence-corrected chi connectivity index (χ3v) is 7.43. The molecule has 1 saturated carbocycles. The maximum absolute atomic E-state index is 15.3. The molecule has 40 heavy (non-hydrogen) atoms. The van der Waals surface area contributed by atoms with Gasteiger partial charge < -0.3 is 20.6 Å². The highest BCUT2D eigenvalue weighted by molar-refractivity contribution is 7.80. The van der Waals surface area contributed by atoms with Crippen LogP contribution in [-0.4, -0.2) is 44.9 Å². The van der Waals surface area contributed by atoms with E-state index in [1.165, 1.54) is 12.1 Å². The molecular formula is C27H19F4N5O3S. The lowest BCUT2D eigenvalue weighted by Crippen LogP contribution is -2.37. The van der Waals surface area contributed by atoms with E-state index in [0.29, 0.717) is 30.0 Å². The fourth-order valence-corrected chi connectivity index (χ4v) is 5.47. The van der Waals surface area contributed by atoms with Crippen LogP contribution in [0.25, 0.3) is 16.7 Å². The van der Waals surface area contributed by atoms with Crippen molar-refractivity contribution in [3.63, 3.8) is 0 Å². The van der Waals surface area contributed by atoms with Crippen molar-refractivity contribution < 1.29 is 27.5 Å². The molecule has 2 atom stereocenters. The molecule has 1 saturated heterocycles. The molecule has 0 radical (unpaired) electrons. The van der Waals surface area contributed by atoms with Gasteiger partial charge in [0.15, 0.2) is 22.4 Å². The maximum atomic E-state index is 15.3. The summed E-state index contributed by atoms with van der Waals surface area (Å²) in [5.41, 5.74) is -1.49. The molecule has 8 nitrogen and oxygen atoms in total. The molecule has 204 valence electrons. The SMILES string of the molecule is O=C(O)c1cn(-c2ccc(F)cc2F)c2nc(N3CC4C(C3)C4NC(=S)Nc3ccc(F)cc3)c(F)cc2c1=O. The number of aromatic carboxylic acids is 1. The molecule has 0 amide bonds. The second-order valence-electron chi connectivity index (χ2n) is 9.67. The van der Waals surface area contributed by atoms with Gasteiger partial charge in [0, 0.05) is 48.9 Å². The predicted molar refractivity (Wildman–Crippen MR) is 143 cm³/mol. The summed E-state index contributed by atoms with van der Waals surface area (Å²) in [5, 5.41) is 15.7. The number of halogens is 4. The summed E-state index contributed by atoms with van der Waals surface area (Å²) < 4.78 is 57.7. The van der Waals surface area contributed by atoms with Gasteiger partial charge in [-0.3, -0.25) is 9.36 Å². The number of rotatable bonds is 5. The van der Waals surface area contributed by atoms with Crippen LogP contribution in [0.3, 0.4) is 0 Å². The van der Waals surface area contributed by atoms with Crippen molar-refractivity contribution in [1.82, 2.24) is 14.9 Å². The number of carboxylic acids is 1. The van der Waals surface area contributed by atoms with E-state index in [4.69, 9.17) is 12.2 Å². The van der Waals surface area contributed by atoms with Crippen LogP contribution in [0.1, 0.15) is 10.4 Å². The van der Waals surface area contributed by atoms with Crippen LogP contribution in [0.2, 0.25) is 0 Å². The van der Waals surface area contributed by atoms with Crippen molar-refractivity contribution in [3.8, 4) is 5.69 Å². The molecule has 6 rings (SSSR count). The second-order valence-corrected chi connectivity index (χ2v) is 10.1. The quantitative estimate of drug-likeness (QED) is 0.245. The Morgan fingerprint density at radius 1 is 0.975 bits per heavy atom. The molecular weight excluding hydrogens is 550 g/mol. The fraction of sp³-hybridized carbons (Fsp3) is 0.185. The van der Waals surface area contributed by atoms with Gasteiger partial charge in [0.25, 0.3) is 0 Å². The van der Waals surface area contributed by atoms with Crippen LogP contribution in [0.15, 0.2) is 59.5 Å². The highest BCUT2D eigenvalue weighted by atomic mass is 32.1. The predicted octanol–water partition coefficient (Wildman–Crippen LogP) is 4.06. The van der Waals surface area contributed by atoms with Crippen LogP contribution < -0.4 is 21.0 Å². The van der Waals surface area contributed by atoms with Crippen LogP contribution in [0.5, 0.6) is 0 Å². The van der Waals surface area contributed by atoms with E-state index in [1.807, 2.05) is 0 Å². The number of benzene rings is 2. The summed E-state index contributed by atoms with van der Waals surface area (Å²) in [7, 11) is 0. The Morgan fingerprint density at radius 3 is 2.30 bits per heavy atom. The minimum absolute atomic E-state index is 0.0323. The summed E-state index contributed by atoms with van der Waals surface area (Å²) in [6.07, 6.45) is 0.897. The fourth-order valence-electron chi connectivity index (χ4n) is 5.21. The van der Waals surface area contributed by atoms with Crippen LogP contribution in [-0.2, 0) is 0 Å². The van der Waals surface area contributed by atoms with Crippen molar-refractivity contribution in [2.45, 2.75) is 6.04 Å². The maximum Gasteiger partial charge on any atom is 0.341 e. The highest BCUT2D eigenvalue weighted by Gasteiger charge is 2.56. The number of piperidine rings is 1. The van der Waals surface area contributed by atoms with Gasteiger partial charge in [0.05, 0.1) is 11.1 Å². The van der Waals surface area contributed by atoms with Crippen molar-refractivity contribution in [2.75, 3.05) is 23.3 Å². The molecule has 13 heteroatoms. The van der Waals surface area contributed by atoms with Gasteiger partial charge in [-0.05, 0) is 54.7 Å². The number of pyridine rings is 2. The molecule has 0 bridgehead atoms. The number of carbonyl (C=O) groups is 1. The van der Waals surface area contributed by atoms with E-state index in [9.17, 15) is 27.9 Å². The van der Waals surface area contributed by atoms with E-state index in [-0.39, 0.29) is 46.2 Å². The monoisotopic (exact) mass is 569 g/mol. The van der Waals surface area contributed by atoms with Gasteiger partial charge in [-0.15, -0.1) is 0 Å². The minimum Gasteiger partial charge on any atom is -0.477 e. The number of thiocarbonyl (C=S) groups is 1. The molecule has 1 aliphatic heterocycles. The highest BCUT2D eigenvalue weighted by Crippen LogP contribution is 2.47. The van der Waals surface area contributed by atoms with Crippen molar-refractivity contribution in [2.24, 2.45) is 11.8 Å². The van der Waals surface area contributed by atoms with Gasteiger partial charge in [0.2, 0.25) is 5.43 Å². The molecule has 4 aromatic rings. The zero-order valence-electron chi connectivity index (χ0n) is 20.4. The molecule has 2 aliphatic rings. The Balaban J connectivity index is 1.27. The van der Waals surface area contributed by atoms with Gasteiger partial charge in [0.1, 0.15) is 23.0 Å². The van der Waals surface area contributed by atoms with E-state index >= 15 is 4.39 Å². The number of carboxylic acid groups (broad SMARTS) is 1. The zero-order valence-corrected chi connectivity index (χ0v) is 21.2. The smallest absolute Gasteiger partial charge is 0.341 e. The van der Waals surface area contributed by atoms with Crippen molar-refractivity contribution >= 4 is 45.8 Å². The number of nitrogens with zero attached hydrogens (tertiary/aromatic N) is 3. The van der Waals surface area contributed by atoms with Crippen molar-refractivity contribution in [3.05, 3.63) is 93.8 Å². The third-order valence-electron chi connectivity index (χ3n) is 7.21. The number of nitrogens with one attached hydrogen (secondary N) is 2. The second kappa shape index (κ2) is 9.59. The first-order valence-corrected chi connectivity index (χ1v) is 12.5. The molecule has 2 fully saturated rings. The Morgan fingerprint density at radius 2 is 1.65 bits per heavy atom. The summed E-state index contributed by atoms with van der Waals surface area (Å²) in [6, 6.07) is 9.34. The van der Waals surface area contributed by atoms with E-state index in [1.54, 1.807) is 17.0 Å². The van der Waals surface area contributed by atoms with E-state index in [0.717, 1.165) is 29.0 Å². The van der Waals surface area contributed by atoms with E-state index < -0.39 is 34.4 Å². The first kappa shape index (κ1) is 25.7.